The van der Waals surface area contributed by atoms with Crippen molar-refractivity contribution in [3.8, 4) is 5.88 Å². The Kier molecular flexibility index (Phi) is 2.68. The molecular formula is C7H10N2O3. The number of nitrogens with zero attached hydrogens (tertiary/aromatic N) is 1. The predicted octanol–water partition coefficient (Wildman–Crippen LogP) is 0.0588. The van der Waals surface area contributed by atoms with Gasteiger partial charge < -0.3 is 14.8 Å². The van der Waals surface area contributed by atoms with E-state index in [0.29, 0.717) is 18.7 Å². The molecule has 0 radical (unpaired) electrons. The highest BCUT2D eigenvalue weighted by atomic mass is 16.4. The molecule has 0 spiro atoms. The topological polar surface area (TPSA) is 75.4 Å². The summed E-state index contributed by atoms with van der Waals surface area (Å²) in [7, 11) is 1.56. The summed E-state index contributed by atoms with van der Waals surface area (Å²) < 4.78 is 4.82. The molecule has 0 unspecified atom stereocenters. The molecule has 66 valence electrons. The molecule has 1 aromatic heterocycles. The molecule has 0 atom stereocenters. The van der Waals surface area contributed by atoms with E-state index >= 15 is 0 Å². The van der Waals surface area contributed by atoms with Crippen LogP contribution in [0.1, 0.15) is 12.3 Å². The minimum atomic E-state index is -0.151. The van der Waals surface area contributed by atoms with Gasteiger partial charge in [0, 0.05) is 19.9 Å². The normalized spacial score (nSPS) is 9.75. The van der Waals surface area contributed by atoms with Crippen LogP contribution < -0.4 is 5.32 Å². The summed E-state index contributed by atoms with van der Waals surface area (Å²) in [6.45, 7) is 0. The van der Waals surface area contributed by atoms with Crippen molar-refractivity contribution in [3.05, 3.63) is 12.2 Å². The fourth-order valence-electron chi connectivity index (χ4n) is 0.761. The van der Waals surface area contributed by atoms with Gasteiger partial charge in [-0.15, -0.1) is 0 Å². The summed E-state index contributed by atoms with van der Waals surface area (Å²) in [4.78, 5) is 14.4. The Hall–Kier alpha value is -1.52. The molecule has 1 amide bonds. The number of aromatic nitrogens is 1. The lowest BCUT2D eigenvalue weighted by atomic mass is 10.3. The highest BCUT2D eigenvalue weighted by Crippen LogP contribution is 2.08. The Labute approximate surface area is 69.4 Å². The molecule has 2 N–H and O–H groups in total. The van der Waals surface area contributed by atoms with Crippen molar-refractivity contribution in [1.29, 1.82) is 0 Å². The minimum Gasteiger partial charge on any atom is -0.491 e. The average Bonchev–Trinajstić information content (AvgIpc) is 2.47. The van der Waals surface area contributed by atoms with Crippen LogP contribution in [0.3, 0.4) is 0 Å². The van der Waals surface area contributed by atoms with Gasteiger partial charge in [-0.05, 0) is 0 Å². The maximum Gasteiger partial charge on any atom is 0.250 e. The van der Waals surface area contributed by atoms with Gasteiger partial charge in [-0.3, -0.25) is 4.79 Å². The predicted molar refractivity (Wildman–Crippen MR) is 40.6 cm³/mol. The molecule has 5 nitrogen and oxygen atoms in total. The third kappa shape index (κ3) is 2.26. The summed E-state index contributed by atoms with van der Waals surface area (Å²) in [6.07, 6.45) is 1.86. The second-order valence-corrected chi connectivity index (χ2v) is 2.27. The van der Waals surface area contributed by atoms with Crippen LogP contribution in [-0.4, -0.2) is 23.0 Å². The van der Waals surface area contributed by atoms with Crippen molar-refractivity contribution in [2.45, 2.75) is 12.8 Å². The Morgan fingerprint density at radius 3 is 3.08 bits per heavy atom. The maximum absolute atomic E-state index is 10.7. The molecule has 0 saturated heterocycles. The van der Waals surface area contributed by atoms with Crippen LogP contribution in [0.25, 0.3) is 0 Å². The van der Waals surface area contributed by atoms with Crippen molar-refractivity contribution < 1.29 is 14.3 Å². The van der Waals surface area contributed by atoms with E-state index in [4.69, 9.17) is 9.52 Å². The first kappa shape index (κ1) is 8.58. The molecule has 1 aromatic rings. The number of carbonyl (C=O) groups excluding carboxylic acids is 1. The number of oxazole rings is 1. The lowest BCUT2D eigenvalue weighted by molar-refractivity contribution is -0.120. The number of carbonyl (C=O) groups is 1. The summed E-state index contributed by atoms with van der Waals surface area (Å²) in [6, 6.07) is 0. The lowest BCUT2D eigenvalue weighted by Crippen LogP contribution is -2.17. The zero-order valence-corrected chi connectivity index (χ0v) is 6.70. The van der Waals surface area contributed by atoms with Gasteiger partial charge in [0.2, 0.25) is 11.8 Å². The molecule has 12 heavy (non-hydrogen) atoms. The molecule has 0 fully saturated rings. The van der Waals surface area contributed by atoms with Gasteiger partial charge in [-0.2, -0.15) is 4.98 Å². The van der Waals surface area contributed by atoms with Gasteiger partial charge in [-0.1, -0.05) is 0 Å². The summed E-state index contributed by atoms with van der Waals surface area (Å²) in [5.74, 6) is 0.144. The molecule has 0 aromatic carbocycles. The van der Waals surface area contributed by atoms with Crippen molar-refractivity contribution in [2.75, 3.05) is 7.05 Å². The van der Waals surface area contributed by atoms with E-state index in [-0.39, 0.29) is 11.8 Å². The molecule has 0 aliphatic heterocycles. The number of rotatable bonds is 3. The Bertz CT molecular complexity index is 269. The van der Waals surface area contributed by atoms with E-state index in [1.807, 2.05) is 0 Å². The van der Waals surface area contributed by atoms with E-state index < -0.39 is 0 Å². The first-order chi connectivity index (χ1) is 5.72. The fourth-order valence-corrected chi connectivity index (χ4v) is 0.761. The van der Waals surface area contributed by atoms with Crippen LogP contribution in [0.2, 0.25) is 0 Å². The van der Waals surface area contributed by atoms with Gasteiger partial charge in [0.15, 0.2) is 12.2 Å². The van der Waals surface area contributed by atoms with Gasteiger partial charge in [0.1, 0.15) is 0 Å². The largest absolute Gasteiger partial charge is 0.491 e. The SMILES string of the molecule is CNC(=O)CCc1nc(O)co1. The molecule has 1 rings (SSSR count). The second-order valence-electron chi connectivity index (χ2n) is 2.27. The zero-order chi connectivity index (χ0) is 8.97. The standard InChI is InChI=1S/C7H10N2O3/c1-8-5(10)2-3-7-9-6(11)4-12-7/h4,11H,2-3H2,1H3,(H,8,10). The third-order valence-electron chi connectivity index (χ3n) is 1.38. The molecule has 1 heterocycles. The molecular weight excluding hydrogens is 160 g/mol. The number of nitrogens with one attached hydrogen (secondary N) is 1. The van der Waals surface area contributed by atoms with Crippen LogP contribution in [0.5, 0.6) is 5.88 Å². The minimum absolute atomic E-state index is 0.0762. The number of amides is 1. The molecule has 0 saturated carbocycles. The van der Waals surface area contributed by atoms with Crippen molar-refractivity contribution >= 4 is 5.91 Å². The van der Waals surface area contributed by atoms with Crippen LogP contribution in [0, 0.1) is 0 Å². The van der Waals surface area contributed by atoms with Gasteiger partial charge in [0.25, 0.3) is 0 Å². The fraction of sp³-hybridized carbons (Fsp3) is 0.429. The van der Waals surface area contributed by atoms with Crippen LogP contribution in [0.4, 0.5) is 0 Å². The summed E-state index contributed by atoms with van der Waals surface area (Å²) in [5.41, 5.74) is 0. The van der Waals surface area contributed by atoms with E-state index in [1.165, 1.54) is 0 Å². The van der Waals surface area contributed by atoms with Crippen molar-refractivity contribution in [1.82, 2.24) is 10.3 Å². The lowest BCUT2D eigenvalue weighted by Gasteiger charge is -1.94. The quantitative estimate of drug-likeness (QED) is 0.672. The number of aryl methyl sites for hydroxylation is 1. The summed E-state index contributed by atoms with van der Waals surface area (Å²) in [5, 5.41) is 11.2. The van der Waals surface area contributed by atoms with Crippen LogP contribution in [-0.2, 0) is 11.2 Å². The van der Waals surface area contributed by atoms with Gasteiger partial charge in [-0.25, -0.2) is 0 Å². The molecule has 5 heteroatoms. The highest BCUT2D eigenvalue weighted by molar-refractivity contribution is 5.75. The van der Waals surface area contributed by atoms with Crippen LogP contribution >= 0.6 is 0 Å². The van der Waals surface area contributed by atoms with Gasteiger partial charge in [0.05, 0.1) is 0 Å². The van der Waals surface area contributed by atoms with E-state index in [2.05, 4.69) is 10.3 Å². The third-order valence-corrected chi connectivity index (χ3v) is 1.38. The van der Waals surface area contributed by atoms with Crippen LogP contribution in [0.15, 0.2) is 10.7 Å². The molecule has 0 aliphatic carbocycles. The van der Waals surface area contributed by atoms with Crippen molar-refractivity contribution in [2.24, 2.45) is 0 Å². The highest BCUT2D eigenvalue weighted by Gasteiger charge is 2.04. The molecule has 0 aliphatic rings. The Balaban J connectivity index is 2.38. The Morgan fingerprint density at radius 2 is 2.58 bits per heavy atom. The second kappa shape index (κ2) is 3.75. The maximum atomic E-state index is 10.7. The first-order valence-electron chi connectivity index (χ1n) is 3.56. The van der Waals surface area contributed by atoms with Gasteiger partial charge >= 0.3 is 0 Å². The first-order valence-corrected chi connectivity index (χ1v) is 3.56. The van der Waals surface area contributed by atoms with Crippen molar-refractivity contribution in [3.63, 3.8) is 0 Å². The Morgan fingerprint density at radius 1 is 1.83 bits per heavy atom. The number of hydrogen-bond acceptors (Lipinski definition) is 4. The zero-order valence-electron chi connectivity index (χ0n) is 6.70. The smallest absolute Gasteiger partial charge is 0.250 e. The number of aromatic hydroxyl groups is 1. The summed E-state index contributed by atoms with van der Waals surface area (Å²) >= 11 is 0. The van der Waals surface area contributed by atoms with E-state index in [1.54, 1.807) is 7.05 Å². The monoisotopic (exact) mass is 170 g/mol. The van der Waals surface area contributed by atoms with E-state index in [9.17, 15) is 4.79 Å². The molecule has 0 bridgehead atoms. The average molecular weight is 170 g/mol. The number of hydrogen-bond donors (Lipinski definition) is 2. The van der Waals surface area contributed by atoms with E-state index in [0.717, 1.165) is 6.26 Å².